The Hall–Kier alpha value is 0.310. The van der Waals surface area contributed by atoms with Gasteiger partial charge in [-0.15, -0.1) is 11.8 Å². The summed E-state index contributed by atoms with van der Waals surface area (Å²) in [6, 6.07) is 0. The molecule has 1 unspecified atom stereocenters. The van der Waals surface area contributed by atoms with Gasteiger partial charge in [0.05, 0.1) is 5.37 Å². The molecule has 0 aliphatic heterocycles. The first-order chi connectivity index (χ1) is 4.86. The molecule has 0 saturated heterocycles. The second kappa shape index (κ2) is 4.24. The molecular weight excluding hydrogens is 142 g/mol. The first-order valence-electron chi connectivity index (χ1n) is 4.06. The van der Waals surface area contributed by atoms with Crippen molar-refractivity contribution in [2.45, 2.75) is 31.6 Å². The summed E-state index contributed by atoms with van der Waals surface area (Å²) in [7, 11) is 0. The maximum absolute atomic E-state index is 4.59. The number of nitrogens with zero attached hydrogens (tertiary/aromatic N) is 1. The standard InChI is InChI=1S/C8H16NS/c1-3-8(10-2)9-6-7-4-5-7/h7-8H,3-6H2,1-2H3. The Morgan fingerprint density at radius 1 is 1.60 bits per heavy atom. The van der Waals surface area contributed by atoms with Crippen molar-refractivity contribution in [3.8, 4) is 0 Å². The van der Waals surface area contributed by atoms with Crippen LogP contribution < -0.4 is 5.32 Å². The van der Waals surface area contributed by atoms with E-state index in [1.54, 1.807) is 0 Å². The Balaban J connectivity index is 1.97. The second-order valence-corrected chi connectivity index (χ2v) is 3.92. The molecule has 0 bridgehead atoms. The van der Waals surface area contributed by atoms with Crippen molar-refractivity contribution >= 4 is 11.8 Å². The van der Waals surface area contributed by atoms with E-state index in [1.807, 2.05) is 11.8 Å². The van der Waals surface area contributed by atoms with Gasteiger partial charge >= 0.3 is 0 Å². The Bertz CT molecular complexity index is 87.3. The molecule has 0 amide bonds. The zero-order valence-electron chi connectivity index (χ0n) is 6.84. The highest BCUT2D eigenvalue weighted by Crippen LogP contribution is 2.28. The largest absolute Gasteiger partial charge is 0.227 e. The lowest BCUT2D eigenvalue weighted by atomic mass is 10.4. The molecular formula is C8H16NS. The van der Waals surface area contributed by atoms with Gasteiger partial charge in [0.1, 0.15) is 0 Å². The lowest BCUT2D eigenvalue weighted by Gasteiger charge is -2.10. The zero-order valence-corrected chi connectivity index (χ0v) is 7.66. The van der Waals surface area contributed by atoms with Gasteiger partial charge in [0.25, 0.3) is 0 Å². The van der Waals surface area contributed by atoms with Gasteiger partial charge in [0, 0.05) is 6.54 Å². The number of thioether (sulfide) groups is 1. The fraction of sp³-hybridized carbons (Fsp3) is 1.00. The maximum Gasteiger partial charge on any atom is 0.0693 e. The van der Waals surface area contributed by atoms with E-state index in [1.165, 1.54) is 19.3 Å². The van der Waals surface area contributed by atoms with Crippen molar-refractivity contribution in [2.75, 3.05) is 12.8 Å². The molecule has 1 nitrogen and oxygen atoms in total. The quantitative estimate of drug-likeness (QED) is 0.597. The molecule has 0 heterocycles. The summed E-state index contributed by atoms with van der Waals surface area (Å²) < 4.78 is 0. The minimum absolute atomic E-state index is 0.570. The summed E-state index contributed by atoms with van der Waals surface area (Å²) >= 11 is 1.87. The van der Waals surface area contributed by atoms with Crippen molar-refractivity contribution in [2.24, 2.45) is 5.92 Å². The van der Waals surface area contributed by atoms with E-state index in [2.05, 4.69) is 18.5 Å². The second-order valence-electron chi connectivity index (χ2n) is 2.91. The minimum atomic E-state index is 0.570. The predicted molar refractivity (Wildman–Crippen MR) is 47.3 cm³/mol. The number of hydrogen-bond acceptors (Lipinski definition) is 1. The maximum atomic E-state index is 4.59. The topological polar surface area (TPSA) is 14.1 Å². The average molecular weight is 158 g/mol. The zero-order chi connectivity index (χ0) is 7.40. The van der Waals surface area contributed by atoms with E-state index in [-0.39, 0.29) is 0 Å². The van der Waals surface area contributed by atoms with Crippen LogP contribution in [-0.4, -0.2) is 18.2 Å². The Morgan fingerprint density at radius 2 is 2.30 bits per heavy atom. The first-order valence-corrected chi connectivity index (χ1v) is 5.35. The third-order valence-corrected chi connectivity index (χ3v) is 2.91. The van der Waals surface area contributed by atoms with Gasteiger partial charge in [-0.3, -0.25) is 0 Å². The Kier molecular flexibility index (Phi) is 3.57. The van der Waals surface area contributed by atoms with Gasteiger partial charge in [-0.2, -0.15) is 0 Å². The van der Waals surface area contributed by atoms with Crippen molar-refractivity contribution in [1.29, 1.82) is 0 Å². The Morgan fingerprint density at radius 3 is 2.70 bits per heavy atom. The predicted octanol–water partition coefficient (Wildman–Crippen LogP) is 2.10. The van der Waals surface area contributed by atoms with Crippen LogP contribution in [0.1, 0.15) is 26.2 Å². The molecule has 0 N–H and O–H groups in total. The van der Waals surface area contributed by atoms with Crippen molar-refractivity contribution in [1.82, 2.24) is 5.32 Å². The Labute approximate surface area is 68.0 Å². The minimum Gasteiger partial charge on any atom is -0.227 e. The third-order valence-electron chi connectivity index (χ3n) is 1.89. The molecule has 0 aromatic rings. The van der Waals surface area contributed by atoms with Gasteiger partial charge in [-0.25, -0.2) is 5.32 Å². The molecule has 59 valence electrons. The molecule has 2 heteroatoms. The molecule has 1 atom stereocenters. The molecule has 0 spiro atoms. The molecule has 10 heavy (non-hydrogen) atoms. The van der Waals surface area contributed by atoms with Gasteiger partial charge in [0.2, 0.25) is 0 Å². The van der Waals surface area contributed by atoms with Crippen LogP contribution in [0.2, 0.25) is 0 Å². The summed E-state index contributed by atoms with van der Waals surface area (Å²) in [5.41, 5.74) is 0. The van der Waals surface area contributed by atoms with Crippen molar-refractivity contribution in [3.63, 3.8) is 0 Å². The normalized spacial score (nSPS) is 21.0. The van der Waals surface area contributed by atoms with Crippen LogP contribution in [0.15, 0.2) is 0 Å². The van der Waals surface area contributed by atoms with Crippen LogP contribution >= 0.6 is 11.8 Å². The van der Waals surface area contributed by atoms with E-state index < -0.39 is 0 Å². The van der Waals surface area contributed by atoms with E-state index >= 15 is 0 Å². The molecule has 1 saturated carbocycles. The highest BCUT2D eigenvalue weighted by Gasteiger charge is 2.22. The summed E-state index contributed by atoms with van der Waals surface area (Å²) in [6.07, 6.45) is 6.18. The molecule has 0 aromatic carbocycles. The molecule has 1 rings (SSSR count). The molecule has 1 fully saturated rings. The van der Waals surface area contributed by atoms with Crippen LogP contribution in [0, 0.1) is 5.92 Å². The van der Waals surface area contributed by atoms with E-state index in [9.17, 15) is 0 Å². The summed E-state index contributed by atoms with van der Waals surface area (Å²) in [5.74, 6) is 0.959. The van der Waals surface area contributed by atoms with Crippen molar-refractivity contribution in [3.05, 3.63) is 0 Å². The first kappa shape index (κ1) is 8.41. The van der Waals surface area contributed by atoms with E-state index in [4.69, 9.17) is 0 Å². The van der Waals surface area contributed by atoms with Gasteiger partial charge in [-0.05, 0) is 31.4 Å². The van der Waals surface area contributed by atoms with Crippen LogP contribution in [0.25, 0.3) is 0 Å². The molecule has 1 aliphatic rings. The summed E-state index contributed by atoms with van der Waals surface area (Å²) in [4.78, 5) is 0. The highest BCUT2D eigenvalue weighted by atomic mass is 32.2. The molecule has 0 aromatic heterocycles. The fourth-order valence-electron chi connectivity index (χ4n) is 0.937. The average Bonchev–Trinajstić information content (AvgIpc) is 2.74. The van der Waals surface area contributed by atoms with Crippen LogP contribution in [0.3, 0.4) is 0 Å². The third kappa shape index (κ3) is 2.93. The fourth-order valence-corrected chi connectivity index (χ4v) is 1.51. The summed E-state index contributed by atoms with van der Waals surface area (Å²) in [6.45, 7) is 3.33. The highest BCUT2D eigenvalue weighted by molar-refractivity contribution is 7.99. The van der Waals surface area contributed by atoms with Crippen LogP contribution in [-0.2, 0) is 0 Å². The molecule has 1 radical (unpaired) electrons. The SMILES string of the molecule is CCC([N]CC1CC1)SC. The smallest absolute Gasteiger partial charge is 0.0693 e. The van der Waals surface area contributed by atoms with E-state index in [0.717, 1.165) is 12.5 Å². The lowest BCUT2D eigenvalue weighted by Crippen LogP contribution is -2.19. The van der Waals surface area contributed by atoms with Gasteiger partial charge in [-0.1, -0.05) is 6.92 Å². The van der Waals surface area contributed by atoms with Crippen molar-refractivity contribution < 1.29 is 0 Å². The van der Waals surface area contributed by atoms with E-state index in [0.29, 0.717) is 5.37 Å². The van der Waals surface area contributed by atoms with Gasteiger partial charge < -0.3 is 0 Å². The molecule has 1 aliphatic carbocycles. The van der Waals surface area contributed by atoms with Crippen LogP contribution in [0.5, 0.6) is 0 Å². The van der Waals surface area contributed by atoms with Crippen LogP contribution in [0.4, 0.5) is 0 Å². The number of rotatable bonds is 5. The number of hydrogen-bond donors (Lipinski definition) is 0. The van der Waals surface area contributed by atoms with Gasteiger partial charge in [0.15, 0.2) is 0 Å². The monoisotopic (exact) mass is 158 g/mol. The lowest BCUT2D eigenvalue weighted by molar-refractivity contribution is 0.586. The summed E-state index contributed by atoms with van der Waals surface area (Å²) in [5, 5.41) is 5.16.